The highest BCUT2D eigenvalue weighted by Gasteiger charge is 2.38. The molecule has 0 aliphatic carbocycles. The average Bonchev–Trinajstić information content (AvgIpc) is 2.00. The van der Waals surface area contributed by atoms with Gasteiger partial charge in [-0.2, -0.15) is 0 Å². The van der Waals surface area contributed by atoms with Crippen LogP contribution in [0.5, 0.6) is 0 Å². The lowest BCUT2D eigenvalue weighted by atomic mass is 9.68. The second-order valence-electron chi connectivity index (χ2n) is 4.11. The highest BCUT2D eigenvalue weighted by atomic mass is 16.1. The van der Waals surface area contributed by atoms with Crippen molar-refractivity contribution in [1.82, 2.24) is 0 Å². The van der Waals surface area contributed by atoms with Crippen LogP contribution < -0.4 is 5.73 Å². The van der Waals surface area contributed by atoms with E-state index >= 15 is 0 Å². The quantitative estimate of drug-likeness (QED) is 0.692. The fourth-order valence-electron chi connectivity index (χ4n) is 1.52. The number of nitrogens with two attached hydrogens (primary N) is 1. The molecule has 0 aromatic carbocycles. The minimum atomic E-state index is -0.352. The molecule has 2 nitrogen and oxygen atoms in total. The lowest BCUT2D eigenvalue weighted by molar-refractivity contribution is -0.132. The van der Waals surface area contributed by atoms with E-state index in [0.717, 1.165) is 6.42 Å². The van der Waals surface area contributed by atoms with E-state index in [0.29, 0.717) is 11.8 Å². The topological polar surface area (TPSA) is 43.1 Å². The van der Waals surface area contributed by atoms with Gasteiger partial charge >= 0.3 is 0 Å². The zero-order valence-corrected chi connectivity index (χ0v) is 8.85. The minimum Gasteiger partial charge on any atom is -0.369 e. The smallest absolute Gasteiger partial charge is 0.223 e. The van der Waals surface area contributed by atoms with E-state index in [-0.39, 0.29) is 11.3 Å². The van der Waals surface area contributed by atoms with E-state index in [1.165, 1.54) is 0 Å². The van der Waals surface area contributed by atoms with Gasteiger partial charge in [0, 0.05) is 0 Å². The Kier molecular flexibility index (Phi) is 3.75. The van der Waals surface area contributed by atoms with E-state index in [2.05, 4.69) is 27.7 Å². The molecule has 0 spiro atoms. The maximum absolute atomic E-state index is 11.3. The summed E-state index contributed by atoms with van der Waals surface area (Å²) in [5, 5.41) is 0. The van der Waals surface area contributed by atoms with Crippen molar-refractivity contribution >= 4 is 5.91 Å². The predicted molar refractivity (Wildman–Crippen MR) is 51.6 cm³/mol. The van der Waals surface area contributed by atoms with Gasteiger partial charge in [-0.05, 0) is 11.8 Å². The Morgan fingerprint density at radius 2 is 1.83 bits per heavy atom. The fourth-order valence-corrected chi connectivity index (χ4v) is 1.52. The summed E-state index contributed by atoms with van der Waals surface area (Å²) >= 11 is 0. The second kappa shape index (κ2) is 3.92. The summed E-state index contributed by atoms with van der Waals surface area (Å²) in [7, 11) is 0. The summed E-state index contributed by atoms with van der Waals surface area (Å²) in [6.07, 6.45) is 0.998. The Morgan fingerprint density at radius 1 is 1.42 bits per heavy atom. The molecule has 0 bridgehead atoms. The van der Waals surface area contributed by atoms with Gasteiger partial charge in [-0.1, -0.05) is 41.0 Å². The number of rotatable bonds is 4. The first-order chi connectivity index (χ1) is 5.37. The molecule has 0 saturated heterocycles. The third kappa shape index (κ3) is 1.79. The molecule has 0 aliphatic rings. The third-order valence-corrected chi connectivity index (χ3v) is 3.37. The molecule has 0 rings (SSSR count). The zero-order valence-electron chi connectivity index (χ0n) is 8.85. The normalized spacial score (nSPS) is 18.8. The van der Waals surface area contributed by atoms with Crippen molar-refractivity contribution in [2.75, 3.05) is 0 Å². The third-order valence-electron chi connectivity index (χ3n) is 3.37. The largest absolute Gasteiger partial charge is 0.369 e. The summed E-state index contributed by atoms with van der Waals surface area (Å²) in [4.78, 5) is 11.3. The Labute approximate surface area is 75.5 Å². The molecule has 0 radical (unpaired) electrons. The van der Waals surface area contributed by atoms with E-state index in [4.69, 9.17) is 5.73 Å². The van der Waals surface area contributed by atoms with Crippen LogP contribution in [0.4, 0.5) is 0 Å². The van der Waals surface area contributed by atoms with Crippen molar-refractivity contribution in [3.8, 4) is 0 Å². The first kappa shape index (κ1) is 11.5. The highest BCUT2D eigenvalue weighted by molar-refractivity contribution is 5.81. The molecule has 0 heterocycles. The number of hydrogen-bond donors (Lipinski definition) is 1. The monoisotopic (exact) mass is 171 g/mol. The standard InChI is InChI=1S/C10H21NO/c1-6-8(4)10(5,7(2)3)9(11)12/h7-8H,6H2,1-5H3,(H2,11,12). The van der Waals surface area contributed by atoms with E-state index in [1.54, 1.807) is 0 Å². The van der Waals surface area contributed by atoms with Crippen molar-refractivity contribution < 1.29 is 4.79 Å². The van der Waals surface area contributed by atoms with Crippen LogP contribution in [0.25, 0.3) is 0 Å². The molecule has 12 heavy (non-hydrogen) atoms. The molecular formula is C10H21NO. The molecule has 72 valence electrons. The van der Waals surface area contributed by atoms with Crippen LogP contribution in [0.3, 0.4) is 0 Å². The van der Waals surface area contributed by atoms with E-state index < -0.39 is 0 Å². The van der Waals surface area contributed by atoms with Crippen LogP contribution >= 0.6 is 0 Å². The SMILES string of the molecule is CCC(C)C(C)(C(N)=O)C(C)C. The maximum atomic E-state index is 11.3. The van der Waals surface area contributed by atoms with E-state index in [9.17, 15) is 4.79 Å². The number of carbonyl (C=O) groups excluding carboxylic acids is 1. The predicted octanol–water partition coefficient (Wildman–Crippen LogP) is 2.18. The lowest BCUT2D eigenvalue weighted by Gasteiger charge is -2.35. The van der Waals surface area contributed by atoms with Crippen LogP contribution in [-0.2, 0) is 4.79 Å². The Bertz CT molecular complexity index is 165. The Morgan fingerprint density at radius 3 is 1.92 bits per heavy atom. The zero-order chi connectivity index (χ0) is 9.94. The molecule has 0 aromatic rings. The number of hydrogen-bond acceptors (Lipinski definition) is 1. The fraction of sp³-hybridized carbons (Fsp3) is 0.900. The number of primary amides is 1. The molecule has 0 aromatic heterocycles. The molecule has 2 atom stereocenters. The molecular weight excluding hydrogens is 150 g/mol. The lowest BCUT2D eigenvalue weighted by Crippen LogP contribution is -2.43. The van der Waals surface area contributed by atoms with Gasteiger partial charge in [-0.25, -0.2) is 0 Å². The number of amides is 1. The second-order valence-corrected chi connectivity index (χ2v) is 4.11. The van der Waals surface area contributed by atoms with Crippen LogP contribution in [0.2, 0.25) is 0 Å². The molecule has 2 unspecified atom stereocenters. The van der Waals surface area contributed by atoms with Gasteiger partial charge in [0.1, 0.15) is 0 Å². The Hall–Kier alpha value is -0.530. The summed E-state index contributed by atoms with van der Waals surface area (Å²) in [5.41, 5.74) is 5.06. The maximum Gasteiger partial charge on any atom is 0.223 e. The first-order valence-electron chi connectivity index (χ1n) is 4.67. The van der Waals surface area contributed by atoms with Gasteiger partial charge in [0.2, 0.25) is 5.91 Å². The van der Waals surface area contributed by atoms with Crippen LogP contribution in [0, 0.1) is 17.3 Å². The van der Waals surface area contributed by atoms with Crippen LogP contribution in [-0.4, -0.2) is 5.91 Å². The van der Waals surface area contributed by atoms with Gasteiger partial charge in [0.15, 0.2) is 0 Å². The van der Waals surface area contributed by atoms with E-state index in [1.807, 2.05) is 6.92 Å². The molecule has 0 saturated carbocycles. The number of carbonyl (C=O) groups is 1. The van der Waals surface area contributed by atoms with Crippen molar-refractivity contribution in [2.24, 2.45) is 23.0 Å². The van der Waals surface area contributed by atoms with Gasteiger partial charge in [-0.15, -0.1) is 0 Å². The van der Waals surface area contributed by atoms with Crippen LogP contribution in [0.15, 0.2) is 0 Å². The van der Waals surface area contributed by atoms with Gasteiger partial charge in [0.25, 0.3) is 0 Å². The molecule has 2 N–H and O–H groups in total. The van der Waals surface area contributed by atoms with Crippen LogP contribution in [0.1, 0.15) is 41.0 Å². The molecule has 0 fully saturated rings. The summed E-state index contributed by atoms with van der Waals surface area (Å²) in [5.74, 6) is 0.492. The van der Waals surface area contributed by atoms with Crippen molar-refractivity contribution in [2.45, 2.75) is 41.0 Å². The highest BCUT2D eigenvalue weighted by Crippen LogP contribution is 2.36. The van der Waals surface area contributed by atoms with Gasteiger partial charge < -0.3 is 5.73 Å². The van der Waals surface area contributed by atoms with Crippen molar-refractivity contribution in [3.05, 3.63) is 0 Å². The molecule has 2 heteroatoms. The van der Waals surface area contributed by atoms with Gasteiger partial charge in [0.05, 0.1) is 5.41 Å². The Balaban J connectivity index is 4.74. The molecule has 0 aliphatic heterocycles. The summed E-state index contributed by atoms with van der Waals surface area (Å²) < 4.78 is 0. The molecule has 1 amide bonds. The summed E-state index contributed by atoms with van der Waals surface area (Å²) in [6, 6.07) is 0. The van der Waals surface area contributed by atoms with Crippen molar-refractivity contribution in [1.29, 1.82) is 0 Å². The average molecular weight is 171 g/mol. The van der Waals surface area contributed by atoms with Gasteiger partial charge in [-0.3, -0.25) is 4.79 Å². The minimum absolute atomic E-state index is 0.174. The summed E-state index contributed by atoms with van der Waals surface area (Å²) in [6.45, 7) is 10.3. The first-order valence-corrected chi connectivity index (χ1v) is 4.67. The van der Waals surface area contributed by atoms with Crippen molar-refractivity contribution in [3.63, 3.8) is 0 Å².